The van der Waals surface area contributed by atoms with E-state index in [0.29, 0.717) is 18.8 Å². The van der Waals surface area contributed by atoms with Gasteiger partial charge in [-0.2, -0.15) is 0 Å². The third-order valence-electron chi connectivity index (χ3n) is 4.68. The number of aliphatic carboxylic acids is 2. The van der Waals surface area contributed by atoms with Gasteiger partial charge in [-0.3, -0.25) is 19.4 Å². The number of nitrogens with two attached hydrogens (primary N) is 1. The molecule has 1 atom stereocenters. The highest BCUT2D eigenvalue weighted by atomic mass is 35.5. The number of aromatic amines is 1. The van der Waals surface area contributed by atoms with E-state index in [0.717, 1.165) is 5.69 Å². The van der Waals surface area contributed by atoms with Gasteiger partial charge < -0.3 is 33.7 Å². The van der Waals surface area contributed by atoms with Crippen LogP contribution >= 0.6 is 12.4 Å². The van der Waals surface area contributed by atoms with Crippen LogP contribution in [0.4, 0.5) is 17.3 Å². The second-order valence-electron chi connectivity index (χ2n) is 6.83. The van der Waals surface area contributed by atoms with Crippen molar-refractivity contribution in [1.29, 1.82) is 0 Å². The zero-order chi connectivity index (χ0) is 22.5. The number of carboxylic acid groups (broad SMARTS) is 2. The molecule has 3 rings (SSSR count). The van der Waals surface area contributed by atoms with E-state index in [1.807, 2.05) is 4.90 Å². The Morgan fingerprint density at radius 1 is 1.24 bits per heavy atom. The molecule has 0 saturated heterocycles. The Balaban J connectivity index is 0.00000272. The van der Waals surface area contributed by atoms with Crippen LogP contribution in [0.2, 0.25) is 0 Å². The molecule has 0 bridgehead atoms. The predicted octanol–water partition coefficient (Wildman–Crippen LogP) is -2.98. The van der Waals surface area contributed by atoms with E-state index in [-0.39, 0.29) is 54.7 Å². The van der Waals surface area contributed by atoms with Crippen molar-refractivity contribution < 1.29 is 41.6 Å². The van der Waals surface area contributed by atoms with E-state index < -0.39 is 23.9 Å². The molecule has 2 aromatic rings. The molecule has 178 valence electrons. The number of benzene rings is 1. The van der Waals surface area contributed by atoms with E-state index in [2.05, 4.69) is 15.3 Å². The van der Waals surface area contributed by atoms with Crippen LogP contribution in [0.1, 0.15) is 23.2 Å². The van der Waals surface area contributed by atoms with Gasteiger partial charge in [-0.05, 0) is 30.7 Å². The van der Waals surface area contributed by atoms with Crippen molar-refractivity contribution in [1.82, 2.24) is 15.3 Å². The molecular formula is C19H22Cl2N6O6. The Kier molecular flexibility index (Phi) is 9.82. The SMILES string of the molecule is Cl.Nc1ncc([N+]2=CN(c3ccc(C(=O)NC(CCC(=O)O)C(=O)O)cc3)CC2)c(=O)[nH]1.[Cl-]. The van der Waals surface area contributed by atoms with Gasteiger partial charge in [0.15, 0.2) is 0 Å². The summed E-state index contributed by atoms with van der Waals surface area (Å²) in [6.45, 7) is 1.13. The van der Waals surface area contributed by atoms with Crippen LogP contribution in [0.15, 0.2) is 35.3 Å². The molecule has 14 heteroatoms. The second kappa shape index (κ2) is 11.8. The molecule has 0 fully saturated rings. The average Bonchev–Trinajstić information content (AvgIpc) is 3.20. The lowest BCUT2D eigenvalue weighted by Gasteiger charge is -2.14. The number of carboxylic acids is 2. The summed E-state index contributed by atoms with van der Waals surface area (Å²) < 4.78 is 1.73. The van der Waals surface area contributed by atoms with E-state index in [1.54, 1.807) is 23.0 Å². The predicted molar refractivity (Wildman–Crippen MR) is 117 cm³/mol. The number of nitrogens with zero attached hydrogens (tertiary/aromatic N) is 3. The summed E-state index contributed by atoms with van der Waals surface area (Å²) in [7, 11) is 0. The van der Waals surface area contributed by atoms with Gasteiger partial charge in [-0.1, -0.05) is 0 Å². The summed E-state index contributed by atoms with van der Waals surface area (Å²) in [6, 6.07) is 5.15. The van der Waals surface area contributed by atoms with Crippen LogP contribution in [-0.2, 0) is 9.59 Å². The minimum absolute atomic E-state index is 0. The summed E-state index contributed by atoms with van der Waals surface area (Å²) in [5.74, 6) is -3.02. The number of rotatable bonds is 8. The van der Waals surface area contributed by atoms with Crippen LogP contribution in [0.25, 0.3) is 0 Å². The van der Waals surface area contributed by atoms with Crippen LogP contribution in [0.5, 0.6) is 0 Å². The lowest BCUT2D eigenvalue weighted by Crippen LogP contribution is -3.00. The monoisotopic (exact) mass is 500 g/mol. The maximum Gasteiger partial charge on any atom is 0.326 e. The molecule has 1 unspecified atom stereocenters. The van der Waals surface area contributed by atoms with Gasteiger partial charge >= 0.3 is 11.9 Å². The number of hydrogen-bond acceptors (Lipinski definition) is 7. The maximum absolute atomic E-state index is 12.3. The lowest BCUT2D eigenvalue weighted by atomic mass is 10.1. The van der Waals surface area contributed by atoms with Crippen LogP contribution in [0.3, 0.4) is 0 Å². The topological polar surface area (TPSA) is 182 Å². The first-order valence-corrected chi connectivity index (χ1v) is 9.33. The number of H-pyrrole nitrogens is 1. The molecule has 0 spiro atoms. The molecular weight excluding hydrogens is 479 g/mol. The average molecular weight is 501 g/mol. The lowest BCUT2D eigenvalue weighted by molar-refractivity contribution is -0.425. The highest BCUT2D eigenvalue weighted by Gasteiger charge is 2.25. The van der Waals surface area contributed by atoms with Gasteiger partial charge in [0.1, 0.15) is 24.8 Å². The first-order chi connectivity index (χ1) is 14.7. The number of nitrogen functional groups attached to an aromatic ring is 1. The molecule has 1 aromatic carbocycles. The molecule has 2 heterocycles. The standard InChI is InChI=1S/C19H20N6O6.2ClH/c20-19-21-9-14(17(29)23-19)25-8-7-24(10-25)12-3-1-11(2-4-12)16(28)22-13(18(30)31)5-6-15(26)27;;/h1-4,9-10,13H,5-8H2,(H5-,20,21,22,23,26,27,28,29,30,31);2*1H. The van der Waals surface area contributed by atoms with Gasteiger partial charge in [0.2, 0.25) is 18.0 Å². The third kappa shape index (κ3) is 6.92. The molecule has 1 amide bonds. The number of carbonyl (C=O) groups is 3. The molecule has 12 nitrogen and oxygen atoms in total. The summed E-state index contributed by atoms with van der Waals surface area (Å²) in [5.41, 5.74) is 6.46. The highest BCUT2D eigenvalue weighted by Crippen LogP contribution is 2.18. The zero-order valence-electron chi connectivity index (χ0n) is 17.1. The van der Waals surface area contributed by atoms with E-state index in [4.69, 9.17) is 15.9 Å². The molecule has 0 aliphatic carbocycles. The van der Waals surface area contributed by atoms with Crippen molar-refractivity contribution >= 4 is 53.9 Å². The van der Waals surface area contributed by atoms with Gasteiger partial charge in [-0.25, -0.2) is 19.3 Å². The number of nitrogens with one attached hydrogen (secondary N) is 2. The Bertz CT molecular complexity index is 1100. The largest absolute Gasteiger partial charge is 1.00 e. The summed E-state index contributed by atoms with van der Waals surface area (Å²) in [6.07, 6.45) is 2.55. The van der Waals surface area contributed by atoms with Crippen molar-refractivity contribution in [2.45, 2.75) is 18.9 Å². The van der Waals surface area contributed by atoms with E-state index >= 15 is 0 Å². The zero-order valence-corrected chi connectivity index (χ0v) is 18.7. The number of anilines is 2. The first kappa shape index (κ1) is 27.4. The molecule has 1 aliphatic rings. The molecule has 1 aliphatic heterocycles. The number of halogens is 2. The van der Waals surface area contributed by atoms with Gasteiger partial charge in [0.05, 0.1) is 6.20 Å². The highest BCUT2D eigenvalue weighted by molar-refractivity contribution is 5.97. The quantitative estimate of drug-likeness (QED) is 0.236. The van der Waals surface area contributed by atoms with Gasteiger partial charge in [0.25, 0.3) is 11.5 Å². The van der Waals surface area contributed by atoms with Crippen molar-refractivity contribution in [3.63, 3.8) is 0 Å². The normalized spacial score (nSPS) is 13.2. The Labute approximate surface area is 200 Å². The molecule has 1 aromatic heterocycles. The molecule has 6 N–H and O–H groups in total. The van der Waals surface area contributed by atoms with E-state index in [9.17, 15) is 19.2 Å². The number of amides is 1. The minimum Gasteiger partial charge on any atom is -1.00 e. The number of hydrogen-bond donors (Lipinski definition) is 5. The molecule has 33 heavy (non-hydrogen) atoms. The fraction of sp³-hybridized carbons (Fsp3) is 0.263. The van der Waals surface area contributed by atoms with E-state index in [1.165, 1.54) is 18.3 Å². The minimum atomic E-state index is -1.30. The van der Waals surface area contributed by atoms with Crippen molar-refractivity contribution in [2.75, 3.05) is 23.7 Å². The smallest absolute Gasteiger partial charge is 0.326 e. The van der Waals surface area contributed by atoms with Crippen molar-refractivity contribution in [3.8, 4) is 0 Å². The van der Waals surface area contributed by atoms with Crippen LogP contribution < -0.4 is 33.9 Å². The third-order valence-corrected chi connectivity index (χ3v) is 4.68. The van der Waals surface area contributed by atoms with Crippen LogP contribution in [-0.4, -0.2) is 68.1 Å². The van der Waals surface area contributed by atoms with Gasteiger partial charge in [-0.15, -0.1) is 12.4 Å². The fourth-order valence-corrected chi connectivity index (χ4v) is 3.06. The molecule has 0 radical (unpaired) electrons. The summed E-state index contributed by atoms with van der Waals surface area (Å²) >= 11 is 0. The van der Waals surface area contributed by atoms with Crippen molar-refractivity contribution in [3.05, 3.63) is 46.4 Å². The first-order valence-electron chi connectivity index (χ1n) is 9.33. The number of aromatic nitrogens is 2. The van der Waals surface area contributed by atoms with Crippen molar-refractivity contribution in [2.24, 2.45) is 0 Å². The Morgan fingerprint density at radius 3 is 2.48 bits per heavy atom. The maximum atomic E-state index is 12.3. The van der Waals surface area contributed by atoms with Gasteiger partial charge in [0, 0.05) is 12.0 Å². The Morgan fingerprint density at radius 2 is 1.91 bits per heavy atom. The second-order valence-corrected chi connectivity index (χ2v) is 6.83. The summed E-state index contributed by atoms with van der Waals surface area (Å²) in [5, 5.41) is 20.2. The van der Waals surface area contributed by atoms with Crippen LogP contribution in [0, 0.1) is 0 Å². The molecule has 0 saturated carbocycles. The Hall–Kier alpha value is -3.64. The fourth-order valence-electron chi connectivity index (χ4n) is 3.06. The number of carbonyl (C=O) groups excluding carboxylic acids is 1. The summed E-state index contributed by atoms with van der Waals surface area (Å²) in [4.78, 5) is 54.5.